The van der Waals surface area contributed by atoms with Crippen molar-refractivity contribution in [2.75, 3.05) is 30.5 Å². The molecule has 1 aromatic carbocycles. The summed E-state index contributed by atoms with van der Waals surface area (Å²) in [5.41, 5.74) is 5.28. The van der Waals surface area contributed by atoms with Crippen molar-refractivity contribution in [3.05, 3.63) is 16.3 Å². The Morgan fingerprint density at radius 3 is 1.15 bits per heavy atom. The van der Waals surface area contributed by atoms with Gasteiger partial charge in [-0.25, -0.2) is 4.79 Å². The Balaban J connectivity index is 3.95. The molecule has 0 spiro atoms. The largest absolute Gasteiger partial charge is 0.466 e. The zero-order chi connectivity index (χ0) is 42.2. The Hall–Kier alpha value is -3.89. The number of amides is 3. The Kier molecular flexibility index (Phi) is 21.3. The number of hydrogen-bond acceptors (Lipinski definition) is 17. The number of esters is 7. The minimum Gasteiger partial charge on any atom is -0.466 e. The molecular weight excluding hydrogens is 1080 g/mol. The quantitative estimate of drug-likeness (QED) is 0.0957. The van der Waals surface area contributed by atoms with E-state index in [2.05, 4.69) is 10.6 Å². The van der Waals surface area contributed by atoms with Gasteiger partial charge in [0.15, 0.2) is 12.2 Å². The number of benzene rings is 1. The van der Waals surface area contributed by atoms with Crippen molar-refractivity contribution in [3.63, 3.8) is 0 Å². The smallest absolute Gasteiger partial charge is 0.348 e. The van der Waals surface area contributed by atoms with Crippen molar-refractivity contribution in [1.29, 1.82) is 0 Å². The number of hydrogen-bond donors (Lipinski definition) is 3. The molecule has 0 bridgehead atoms. The first-order valence-electron chi connectivity index (χ1n) is 15.8. The lowest BCUT2D eigenvalue weighted by atomic mass is 10.1. The highest BCUT2D eigenvalue weighted by molar-refractivity contribution is 14.1. The minimum atomic E-state index is -2.00. The van der Waals surface area contributed by atoms with Gasteiger partial charge in [-0.05, 0) is 67.8 Å². The Morgan fingerprint density at radius 2 is 0.836 bits per heavy atom. The number of rotatable bonds is 20. The van der Waals surface area contributed by atoms with Crippen molar-refractivity contribution in [1.82, 2.24) is 0 Å². The van der Waals surface area contributed by atoms with Gasteiger partial charge in [-0.15, -0.1) is 0 Å². The molecule has 3 amide bonds. The highest BCUT2D eigenvalue weighted by atomic mass is 127. The molecule has 20 nitrogen and oxygen atoms in total. The van der Waals surface area contributed by atoms with Gasteiger partial charge in [0.1, 0.15) is 0 Å². The standard InChI is InChI=1S/C32H38I3N3O17/c1-13(39)49-10-7-19(52-16(4)42)30(46)37-26-23(33)22(28(29(36)45)55-32(48)21(54-18(6)44)9-12-51-15(3)41)24(34)27(25(26)35)38-31(47)20(53-17(5)43)8-11-50-14(2)40/h19-21,28H,7-12H2,1-6H3,(H2,36,45)(H,37,46)(H,38,47). The van der Waals surface area contributed by atoms with E-state index in [4.69, 9.17) is 38.9 Å². The lowest BCUT2D eigenvalue weighted by molar-refractivity contribution is -0.174. The van der Waals surface area contributed by atoms with Gasteiger partial charge in [0.25, 0.3) is 17.7 Å². The molecule has 4 atom stereocenters. The van der Waals surface area contributed by atoms with E-state index in [0.717, 1.165) is 41.5 Å². The maximum atomic E-state index is 13.6. The molecule has 0 aliphatic heterocycles. The van der Waals surface area contributed by atoms with Crippen molar-refractivity contribution in [3.8, 4) is 0 Å². The Morgan fingerprint density at radius 1 is 0.509 bits per heavy atom. The average molecular weight is 1120 g/mol. The second-order valence-electron chi connectivity index (χ2n) is 11.0. The molecule has 55 heavy (non-hydrogen) atoms. The van der Waals surface area contributed by atoms with Crippen molar-refractivity contribution < 1.29 is 81.1 Å². The predicted octanol–water partition coefficient (Wildman–Crippen LogP) is 2.10. The number of carbonyl (C=O) groups excluding carboxylic acids is 10. The summed E-state index contributed by atoms with van der Waals surface area (Å²) in [5.74, 6) is -9.09. The van der Waals surface area contributed by atoms with Crippen LogP contribution in [0, 0.1) is 10.7 Å². The maximum absolute atomic E-state index is 13.6. The van der Waals surface area contributed by atoms with Gasteiger partial charge < -0.3 is 49.5 Å². The molecule has 0 saturated heterocycles. The number of nitrogens with two attached hydrogens (primary N) is 1. The number of ether oxygens (including phenoxy) is 7. The van der Waals surface area contributed by atoms with Crippen molar-refractivity contribution >= 4 is 139 Å². The molecule has 0 aromatic heterocycles. The lowest BCUT2D eigenvalue weighted by Gasteiger charge is -2.26. The lowest BCUT2D eigenvalue weighted by Crippen LogP contribution is -2.37. The van der Waals surface area contributed by atoms with E-state index in [0.29, 0.717) is 0 Å². The van der Waals surface area contributed by atoms with Crippen LogP contribution in [0.4, 0.5) is 11.4 Å². The fourth-order valence-corrected chi connectivity index (χ4v) is 8.51. The summed E-state index contributed by atoms with van der Waals surface area (Å²) in [5, 5.41) is 5.13. The van der Waals surface area contributed by atoms with Gasteiger partial charge in [0, 0.05) is 73.5 Å². The normalized spacial score (nSPS) is 12.7. The van der Waals surface area contributed by atoms with Gasteiger partial charge in [-0.2, -0.15) is 0 Å². The zero-order valence-electron chi connectivity index (χ0n) is 30.2. The summed E-state index contributed by atoms with van der Waals surface area (Å²) in [7, 11) is 0. The first-order chi connectivity index (χ1) is 25.6. The molecule has 0 radical (unpaired) electrons. The fourth-order valence-electron chi connectivity index (χ4n) is 4.23. The van der Waals surface area contributed by atoms with E-state index < -0.39 is 83.9 Å². The SMILES string of the molecule is CC(=O)OCCC(OC(C)=O)C(=O)Nc1c(I)c(NC(=O)C(CCOC(C)=O)OC(C)=O)c(I)c(C(OC(=O)C(CCOC(C)=O)OC(C)=O)C(N)=O)c1I. The van der Waals surface area contributed by atoms with E-state index >= 15 is 0 Å². The van der Waals surface area contributed by atoms with Crippen molar-refractivity contribution in [2.24, 2.45) is 5.73 Å². The molecule has 1 rings (SSSR count). The van der Waals surface area contributed by atoms with Crippen LogP contribution in [0.1, 0.15) is 72.5 Å². The first kappa shape index (κ1) is 49.1. The van der Waals surface area contributed by atoms with Crippen LogP contribution in [0.5, 0.6) is 0 Å². The van der Waals surface area contributed by atoms with Crippen LogP contribution in [-0.2, 0) is 81.1 Å². The zero-order valence-corrected chi connectivity index (χ0v) is 36.7. The molecule has 0 fully saturated rings. The van der Waals surface area contributed by atoms with Crippen LogP contribution in [0.2, 0.25) is 0 Å². The summed E-state index contributed by atoms with van der Waals surface area (Å²) < 4.78 is 35.5. The third-order valence-corrected chi connectivity index (χ3v) is 9.75. The second kappa shape index (κ2) is 23.9. The molecule has 0 aliphatic rings. The van der Waals surface area contributed by atoms with Crippen LogP contribution < -0.4 is 16.4 Å². The Labute approximate surface area is 355 Å². The molecule has 0 saturated carbocycles. The summed E-state index contributed by atoms with van der Waals surface area (Å²) in [6, 6.07) is 0. The molecule has 4 N–H and O–H groups in total. The van der Waals surface area contributed by atoms with E-state index in [9.17, 15) is 47.9 Å². The monoisotopic (exact) mass is 1120 g/mol. The van der Waals surface area contributed by atoms with Crippen LogP contribution in [-0.4, -0.2) is 97.6 Å². The molecule has 4 unspecified atom stereocenters. The second-order valence-corrected chi connectivity index (χ2v) is 14.2. The van der Waals surface area contributed by atoms with E-state index in [1.165, 1.54) is 0 Å². The van der Waals surface area contributed by atoms with Crippen LogP contribution in [0.15, 0.2) is 0 Å². The summed E-state index contributed by atoms with van der Waals surface area (Å²) in [6.07, 6.45) is -7.66. The number of nitrogens with one attached hydrogen (secondary N) is 2. The highest BCUT2D eigenvalue weighted by Gasteiger charge is 2.37. The molecule has 0 heterocycles. The number of anilines is 2. The van der Waals surface area contributed by atoms with Crippen LogP contribution in [0.3, 0.4) is 0 Å². The van der Waals surface area contributed by atoms with Gasteiger partial charge in [-0.3, -0.25) is 43.2 Å². The Bertz CT molecular complexity index is 1600. The summed E-state index contributed by atoms with van der Waals surface area (Å²) in [6.45, 7) is 5.43. The van der Waals surface area contributed by atoms with Gasteiger partial charge >= 0.3 is 41.8 Å². The van der Waals surface area contributed by atoms with Crippen LogP contribution >= 0.6 is 67.8 Å². The molecule has 304 valence electrons. The molecule has 23 heteroatoms. The maximum Gasteiger partial charge on any atom is 0.348 e. The minimum absolute atomic E-state index is 0.0197. The van der Waals surface area contributed by atoms with E-state index in [1.807, 2.05) is 0 Å². The first-order valence-corrected chi connectivity index (χ1v) is 19.0. The predicted molar refractivity (Wildman–Crippen MR) is 210 cm³/mol. The van der Waals surface area contributed by atoms with Gasteiger partial charge in [0.05, 0.1) is 34.8 Å². The number of halogens is 3. The van der Waals surface area contributed by atoms with E-state index in [1.54, 1.807) is 67.8 Å². The summed E-state index contributed by atoms with van der Waals surface area (Å²) >= 11 is 5.15. The van der Waals surface area contributed by atoms with Crippen molar-refractivity contribution in [2.45, 2.75) is 85.2 Å². The number of primary amides is 1. The van der Waals surface area contributed by atoms with Crippen LogP contribution in [0.25, 0.3) is 0 Å². The molecular formula is C32H38I3N3O17. The third-order valence-electron chi connectivity index (χ3n) is 6.43. The molecule has 0 aliphatic carbocycles. The summed E-state index contributed by atoms with van der Waals surface area (Å²) in [4.78, 5) is 123. The highest BCUT2D eigenvalue weighted by Crippen LogP contribution is 2.42. The average Bonchev–Trinajstić information content (AvgIpc) is 3.05. The third kappa shape index (κ3) is 17.2. The number of carbonyl (C=O) groups is 10. The molecule has 1 aromatic rings. The van der Waals surface area contributed by atoms with E-state index in [-0.39, 0.29) is 66.7 Å². The van der Waals surface area contributed by atoms with Gasteiger partial charge in [-0.1, -0.05) is 0 Å². The topological polar surface area (TPSA) is 285 Å². The fraction of sp³-hybridized carbons (Fsp3) is 0.500. The van der Waals surface area contributed by atoms with Gasteiger partial charge in [0.2, 0.25) is 12.2 Å².